The number of hydrogen-bond donors (Lipinski definition) is 3. The van der Waals surface area contributed by atoms with Crippen molar-refractivity contribution >= 4 is 29.6 Å². The number of aromatic nitrogens is 5. The van der Waals surface area contributed by atoms with Crippen molar-refractivity contribution in [3.8, 4) is 23.5 Å². The number of carbonyl (C=O) groups excluding carboxylic acids is 3. The average molecular weight is 805 g/mol. The minimum Gasteiger partial charge on any atom is -0.497 e. The second-order valence-electron chi connectivity index (χ2n) is 13.8. The summed E-state index contributed by atoms with van der Waals surface area (Å²) in [6.45, 7) is 9.27. The van der Waals surface area contributed by atoms with Crippen molar-refractivity contribution in [1.29, 1.82) is 5.41 Å². The molecule has 2 aromatic heterocycles. The second-order valence-corrected chi connectivity index (χ2v) is 13.8. The van der Waals surface area contributed by atoms with Crippen LogP contribution in [0.1, 0.15) is 51.1 Å². The third kappa shape index (κ3) is 10.2. The lowest BCUT2D eigenvalue weighted by molar-refractivity contribution is -0.163. The number of amides is 1. The summed E-state index contributed by atoms with van der Waals surface area (Å²) in [6, 6.07) is 10.4. The molecule has 308 valence electrons. The predicted molar refractivity (Wildman–Crippen MR) is 205 cm³/mol. The molecule has 2 heterocycles. The molecule has 2 unspecified atom stereocenters. The molecule has 0 saturated heterocycles. The van der Waals surface area contributed by atoms with Gasteiger partial charge in [0, 0.05) is 55.3 Å². The van der Waals surface area contributed by atoms with Crippen LogP contribution in [0, 0.1) is 16.6 Å². The predicted octanol–water partition coefficient (Wildman–Crippen LogP) is 4.50. The average Bonchev–Trinajstić information content (AvgIpc) is 3.74. The Hall–Kier alpha value is -6.63. The number of halogens is 1. The lowest BCUT2D eigenvalue weighted by Crippen LogP contribution is -2.32. The van der Waals surface area contributed by atoms with Gasteiger partial charge in [-0.25, -0.2) is 19.2 Å². The van der Waals surface area contributed by atoms with E-state index in [1.165, 1.54) is 50.4 Å². The maximum absolute atomic E-state index is 16.8. The third-order valence-corrected chi connectivity index (χ3v) is 8.68. The fraction of sp³-hybridized carbons (Fsp3) is 0.385. The van der Waals surface area contributed by atoms with Crippen LogP contribution in [-0.2, 0) is 34.0 Å². The van der Waals surface area contributed by atoms with Gasteiger partial charge >= 0.3 is 24.0 Å². The molecule has 1 amide bonds. The number of benzene rings is 2. The summed E-state index contributed by atoms with van der Waals surface area (Å²) >= 11 is 0. The molecular weight excluding hydrogens is 759 g/mol. The van der Waals surface area contributed by atoms with Gasteiger partial charge in [-0.15, -0.1) is 9.78 Å². The zero-order chi connectivity index (χ0) is 42.0. The Kier molecular flexibility index (Phi) is 13.6. The highest BCUT2D eigenvalue weighted by Crippen LogP contribution is 2.56. The second kappa shape index (κ2) is 18.5. The van der Waals surface area contributed by atoms with Crippen LogP contribution in [0.2, 0.25) is 0 Å². The first-order valence-electron chi connectivity index (χ1n) is 17.9. The Bertz CT molecular complexity index is 2130. The zero-order valence-corrected chi connectivity index (χ0v) is 32.9. The minimum atomic E-state index is -1.30. The van der Waals surface area contributed by atoms with E-state index in [0.29, 0.717) is 16.8 Å². The first-order chi connectivity index (χ1) is 27.7. The Morgan fingerprint density at radius 3 is 2.41 bits per heavy atom. The molecule has 0 aliphatic heterocycles. The quantitative estimate of drug-likeness (QED) is 0.0226. The van der Waals surface area contributed by atoms with Gasteiger partial charge in [-0.2, -0.15) is 4.98 Å². The highest BCUT2D eigenvalue weighted by molar-refractivity contribution is 6.04. The molecule has 0 bridgehead atoms. The molecular formula is C39H45FN8O10. The molecule has 18 nitrogen and oxygen atoms in total. The number of rotatable bonds is 19. The van der Waals surface area contributed by atoms with Crippen molar-refractivity contribution in [3.63, 3.8) is 0 Å². The van der Waals surface area contributed by atoms with E-state index < -0.39 is 47.5 Å². The van der Waals surface area contributed by atoms with Gasteiger partial charge in [0.15, 0.2) is 17.4 Å². The van der Waals surface area contributed by atoms with Gasteiger partial charge in [-0.3, -0.25) is 20.3 Å². The molecule has 0 radical (unpaired) electrons. The first-order valence-corrected chi connectivity index (χ1v) is 17.9. The lowest BCUT2D eigenvalue weighted by atomic mass is 9.92. The number of nitrogens with zero attached hydrogens (tertiary/aromatic N) is 5. The molecule has 1 aliphatic rings. The van der Waals surface area contributed by atoms with Crippen molar-refractivity contribution in [2.45, 2.75) is 45.6 Å². The minimum absolute atomic E-state index is 0.0145. The number of ether oxygens (including phenoxy) is 7. The van der Waals surface area contributed by atoms with Crippen LogP contribution in [0.15, 0.2) is 67.0 Å². The van der Waals surface area contributed by atoms with Gasteiger partial charge in [-0.05, 0) is 69.2 Å². The molecule has 1 fully saturated rings. The molecule has 5 rings (SSSR count). The maximum Gasteiger partial charge on any atom is 0.413 e. The smallest absolute Gasteiger partial charge is 0.413 e. The summed E-state index contributed by atoms with van der Waals surface area (Å²) in [7, 11) is 2.89. The van der Waals surface area contributed by atoms with Crippen LogP contribution in [0.4, 0.5) is 14.9 Å². The molecule has 2 aromatic carbocycles. The van der Waals surface area contributed by atoms with E-state index in [4.69, 9.17) is 48.6 Å². The van der Waals surface area contributed by atoms with Crippen molar-refractivity contribution in [2.75, 3.05) is 52.8 Å². The normalized spacial score (nSPS) is 15.7. The molecule has 0 spiro atoms. The summed E-state index contributed by atoms with van der Waals surface area (Å²) in [4.78, 5) is 49.5. The van der Waals surface area contributed by atoms with Crippen molar-refractivity contribution in [1.82, 2.24) is 30.0 Å². The number of methoxy groups -OCH3 is 2. The Morgan fingerprint density at radius 2 is 1.76 bits per heavy atom. The van der Waals surface area contributed by atoms with E-state index in [2.05, 4.69) is 27.2 Å². The van der Waals surface area contributed by atoms with E-state index >= 15 is 4.39 Å². The van der Waals surface area contributed by atoms with Crippen LogP contribution < -0.4 is 24.8 Å². The lowest BCUT2D eigenvalue weighted by Gasteiger charge is -2.21. The molecule has 3 N–H and O–H groups in total. The van der Waals surface area contributed by atoms with E-state index in [0.717, 1.165) is 0 Å². The summed E-state index contributed by atoms with van der Waals surface area (Å²) in [5.41, 5.74) is -0.542. The molecule has 19 heteroatoms. The van der Waals surface area contributed by atoms with Gasteiger partial charge in [0.25, 0.3) is 5.95 Å². The first kappa shape index (κ1) is 42.5. The van der Waals surface area contributed by atoms with Crippen molar-refractivity contribution in [2.24, 2.45) is 5.41 Å². The highest BCUT2D eigenvalue weighted by Gasteiger charge is 2.62. The van der Waals surface area contributed by atoms with Gasteiger partial charge < -0.3 is 38.5 Å². The highest BCUT2D eigenvalue weighted by atomic mass is 19.1. The summed E-state index contributed by atoms with van der Waals surface area (Å²) in [6.07, 6.45) is 2.43. The van der Waals surface area contributed by atoms with Gasteiger partial charge in [-0.1, -0.05) is 6.58 Å². The van der Waals surface area contributed by atoms with Crippen LogP contribution in [0.25, 0.3) is 5.95 Å². The van der Waals surface area contributed by atoms with E-state index in [-0.39, 0.29) is 73.5 Å². The third-order valence-electron chi connectivity index (χ3n) is 8.68. The van der Waals surface area contributed by atoms with Crippen molar-refractivity contribution in [3.05, 3.63) is 89.8 Å². The van der Waals surface area contributed by atoms with Crippen LogP contribution in [-0.4, -0.2) is 102 Å². The number of amidine groups is 1. The Morgan fingerprint density at radius 1 is 1.03 bits per heavy atom. The van der Waals surface area contributed by atoms with Crippen LogP contribution in [0.5, 0.6) is 17.5 Å². The number of alkyl carbamates (subject to hydrolysis) is 1. The SMILES string of the molecule is C=C(C)COC(=O)NC(=N)c1ccc(NC2CC2(c2nc(OCOC(=O)C(C)(C)COC)n(-c3ncccn3)n2)c2cc(OC)cc(OCCOC(C)=O)c2F)cc1. The largest absolute Gasteiger partial charge is 0.497 e. The maximum atomic E-state index is 16.8. The van der Waals surface area contributed by atoms with Gasteiger partial charge in [0.1, 0.15) is 31.4 Å². The number of carbonyl (C=O) groups is 3. The summed E-state index contributed by atoms with van der Waals surface area (Å²) in [5, 5.41) is 18.8. The Balaban J connectivity index is 1.51. The fourth-order valence-corrected chi connectivity index (χ4v) is 5.75. The topological polar surface area (TPSA) is 220 Å². The molecule has 1 aliphatic carbocycles. The number of esters is 2. The number of hydrogen-bond acceptors (Lipinski definition) is 16. The fourth-order valence-electron chi connectivity index (χ4n) is 5.75. The molecule has 1 saturated carbocycles. The molecule has 58 heavy (non-hydrogen) atoms. The van der Waals surface area contributed by atoms with Crippen LogP contribution >= 0.6 is 0 Å². The number of anilines is 1. The summed E-state index contributed by atoms with van der Waals surface area (Å²) < 4.78 is 55.6. The standard InChI is InChI=1S/C39H45FN8O10/c1-23(2)20-56-37(51)45-32(41)25-9-11-26(12-10-25)44-30-19-39(30,28-17-27(53-7)18-29(31(28)40)55-16-15-54-24(3)49)33-46-36(48(47-33)35-42-13-8-14-43-35)58-22-57-34(50)38(4,5)21-52-6/h8-14,17-18,30,44H,1,15-16,19-22H2,2-7H3,(H2,41,45,51). The Labute approximate surface area is 333 Å². The molecule has 2 atom stereocenters. The summed E-state index contributed by atoms with van der Waals surface area (Å²) in [5.74, 6) is -1.78. The molecule has 4 aromatic rings. The van der Waals surface area contributed by atoms with Crippen LogP contribution in [0.3, 0.4) is 0 Å². The van der Waals surface area contributed by atoms with Gasteiger partial charge in [0.2, 0.25) is 6.79 Å². The zero-order valence-electron chi connectivity index (χ0n) is 32.9. The number of nitrogens with one attached hydrogen (secondary N) is 3. The van der Waals surface area contributed by atoms with E-state index in [1.807, 2.05) is 0 Å². The monoisotopic (exact) mass is 804 g/mol. The van der Waals surface area contributed by atoms with Crippen molar-refractivity contribution < 1.29 is 51.9 Å². The van der Waals surface area contributed by atoms with E-state index in [9.17, 15) is 14.4 Å². The van der Waals surface area contributed by atoms with Gasteiger partial charge in [0.05, 0.1) is 24.5 Å². The van der Waals surface area contributed by atoms with E-state index in [1.54, 1.807) is 51.1 Å².